The molecule has 0 unspecified atom stereocenters. The summed E-state index contributed by atoms with van der Waals surface area (Å²) in [6, 6.07) is 0. The molecule has 0 aromatic carbocycles. The van der Waals surface area contributed by atoms with E-state index in [2.05, 4.69) is 12.8 Å². The fraction of sp³-hybridized carbons (Fsp3) is 0. The van der Waals surface area contributed by atoms with Crippen LogP contribution in [0.5, 0.6) is 0 Å². The highest BCUT2D eigenvalue weighted by Crippen LogP contribution is 1.82. The Hall–Kier alpha value is -0.420. The third-order valence-electron chi connectivity index (χ3n) is 0.171. The third kappa shape index (κ3) is 1.86. The second kappa shape index (κ2) is 1.89. The van der Waals surface area contributed by atoms with Gasteiger partial charge in [0, 0.05) is 0 Å². The van der Waals surface area contributed by atoms with Crippen LogP contribution in [0.4, 0.5) is 4.79 Å². The molecule has 0 aliphatic rings. The molecule has 0 radical (unpaired) electrons. The number of thiol groups is 1. The first-order valence-corrected chi connectivity index (χ1v) is 1.45. The van der Waals surface area contributed by atoms with Gasteiger partial charge in [0.15, 0.2) is 0 Å². The quantitative estimate of drug-likeness (QED) is 0.236. The van der Waals surface area contributed by atoms with E-state index in [0.29, 0.717) is 0 Å². The average Bonchev–Trinajstić information content (AvgIpc) is 1.36. The molecular formula is CH3NO3S. The highest BCUT2D eigenvalue weighted by atomic mass is 32.1. The van der Waals surface area contributed by atoms with Crippen molar-refractivity contribution in [3.05, 3.63) is 0 Å². The van der Waals surface area contributed by atoms with Crippen LogP contribution in [0.25, 0.3) is 0 Å². The zero-order valence-corrected chi connectivity index (χ0v) is 3.59. The van der Waals surface area contributed by atoms with Crippen molar-refractivity contribution in [2.75, 3.05) is 0 Å². The van der Waals surface area contributed by atoms with Gasteiger partial charge in [0.2, 0.25) is 0 Å². The molecule has 5 heteroatoms. The number of hydroxylamine groups is 1. The van der Waals surface area contributed by atoms with Crippen LogP contribution in [0.2, 0.25) is 0 Å². The van der Waals surface area contributed by atoms with E-state index >= 15 is 0 Å². The minimum absolute atomic E-state index is 0.222. The standard InChI is InChI=1S/CH3NO3S/c3-1(4)2(5)6/h5-6H,(H,3,4). The molecule has 0 aliphatic heterocycles. The minimum Gasteiger partial charge on any atom is -0.463 e. The predicted molar refractivity (Wildman–Crippen MR) is 20.6 cm³/mol. The van der Waals surface area contributed by atoms with E-state index in [4.69, 9.17) is 10.3 Å². The van der Waals surface area contributed by atoms with Crippen LogP contribution in [0.15, 0.2) is 0 Å². The SMILES string of the molecule is O=C(O)N(O)S. The number of carbonyl (C=O) groups is 1. The Morgan fingerprint density at radius 1 is 1.83 bits per heavy atom. The monoisotopic (exact) mass is 109 g/mol. The maximum Gasteiger partial charge on any atom is 0.441 e. The van der Waals surface area contributed by atoms with Crippen LogP contribution in [-0.2, 0) is 0 Å². The highest BCUT2D eigenvalue weighted by molar-refractivity contribution is 7.78. The van der Waals surface area contributed by atoms with Crippen LogP contribution < -0.4 is 0 Å². The lowest BCUT2D eigenvalue weighted by molar-refractivity contribution is 0.0269. The molecule has 1 amide bonds. The van der Waals surface area contributed by atoms with Crippen LogP contribution in [-0.4, -0.2) is 20.9 Å². The summed E-state index contributed by atoms with van der Waals surface area (Å²) in [4.78, 5) is 9.30. The van der Waals surface area contributed by atoms with Gasteiger partial charge in [0.05, 0.1) is 0 Å². The van der Waals surface area contributed by atoms with Gasteiger partial charge < -0.3 is 5.11 Å². The number of rotatable bonds is 0. The van der Waals surface area contributed by atoms with Gasteiger partial charge in [0.1, 0.15) is 0 Å². The molecule has 6 heavy (non-hydrogen) atoms. The van der Waals surface area contributed by atoms with Gasteiger partial charge in [-0.15, -0.1) is 4.47 Å². The zero-order chi connectivity index (χ0) is 5.15. The van der Waals surface area contributed by atoms with Crippen LogP contribution >= 0.6 is 12.8 Å². The van der Waals surface area contributed by atoms with E-state index in [1.165, 1.54) is 0 Å². The van der Waals surface area contributed by atoms with E-state index in [0.717, 1.165) is 0 Å². The first-order valence-electron chi connectivity index (χ1n) is 1.05. The van der Waals surface area contributed by atoms with Gasteiger partial charge in [0.25, 0.3) is 0 Å². The number of hydrogen-bond donors (Lipinski definition) is 3. The van der Waals surface area contributed by atoms with Crippen molar-refractivity contribution in [1.82, 2.24) is 4.47 Å². The van der Waals surface area contributed by atoms with E-state index in [-0.39, 0.29) is 4.47 Å². The third-order valence-corrected chi connectivity index (χ3v) is 0.342. The Bertz CT molecular complexity index is 61.8. The number of carboxylic acid groups (broad SMARTS) is 1. The van der Waals surface area contributed by atoms with Crippen molar-refractivity contribution >= 4 is 18.9 Å². The lowest BCUT2D eigenvalue weighted by Crippen LogP contribution is -2.12. The highest BCUT2D eigenvalue weighted by Gasteiger charge is 1.96. The molecule has 2 N–H and O–H groups in total. The lowest BCUT2D eigenvalue weighted by atomic mass is 11.3. The van der Waals surface area contributed by atoms with Crippen molar-refractivity contribution in [3.8, 4) is 0 Å². The molecule has 0 saturated carbocycles. The van der Waals surface area contributed by atoms with Gasteiger partial charge in [-0.25, -0.2) is 4.79 Å². The Balaban J connectivity index is 3.26. The largest absolute Gasteiger partial charge is 0.463 e. The van der Waals surface area contributed by atoms with Gasteiger partial charge in [-0.05, 0) is 12.8 Å². The van der Waals surface area contributed by atoms with Gasteiger partial charge in [-0.3, -0.25) is 5.21 Å². The molecular weight excluding hydrogens is 106 g/mol. The van der Waals surface area contributed by atoms with Gasteiger partial charge in [-0.2, -0.15) is 0 Å². The summed E-state index contributed by atoms with van der Waals surface area (Å²) in [5.74, 6) is 0. The van der Waals surface area contributed by atoms with E-state index in [1.807, 2.05) is 0 Å². The number of amides is 1. The molecule has 0 aromatic heterocycles. The second-order valence-corrected chi connectivity index (χ2v) is 0.951. The van der Waals surface area contributed by atoms with Crippen molar-refractivity contribution < 1.29 is 15.1 Å². The zero-order valence-electron chi connectivity index (χ0n) is 2.70. The Labute approximate surface area is 39.5 Å². The Morgan fingerprint density at radius 3 is 2.00 bits per heavy atom. The van der Waals surface area contributed by atoms with Gasteiger partial charge >= 0.3 is 6.09 Å². The smallest absolute Gasteiger partial charge is 0.441 e. The summed E-state index contributed by atoms with van der Waals surface area (Å²) in [6.07, 6.45) is -1.49. The number of hydrogen-bond acceptors (Lipinski definition) is 3. The molecule has 0 fully saturated rings. The summed E-state index contributed by atoms with van der Waals surface area (Å²) in [5, 5.41) is 15.3. The molecule has 36 valence electrons. The van der Waals surface area contributed by atoms with E-state index in [1.54, 1.807) is 0 Å². The Kier molecular flexibility index (Phi) is 1.75. The van der Waals surface area contributed by atoms with Crippen LogP contribution in [0.3, 0.4) is 0 Å². The molecule has 0 rings (SSSR count). The summed E-state index contributed by atoms with van der Waals surface area (Å²) < 4.78 is -0.222. The first kappa shape index (κ1) is 5.58. The Morgan fingerprint density at radius 2 is 2.00 bits per heavy atom. The molecule has 0 bridgehead atoms. The predicted octanol–water partition coefficient (Wildman–Crippen LogP) is 0.200. The van der Waals surface area contributed by atoms with Crippen molar-refractivity contribution in [2.45, 2.75) is 0 Å². The second-order valence-electron chi connectivity index (χ2n) is 0.572. The van der Waals surface area contributed by atoms with E-state index in [9.17, 15) is 4.79 Å². The summed E-state index contributed by atoms with van der Waals surface area (Å²) in [5.41, 5.74) is 0. The topological polar surface area (TPSA) is 60.8 Å². The lowest BCUT2D eigenvalue weighted by Gasteiger charge is -1.95. The molecule has 0 saturated heterocycles. The number of nitrogens with zero attached hydrogens (tertiary/aromatic N) is 1. The molecule has 0 aromatic rings. The summed E-state index contributed by atoms with van der Waals surface area (Å²) in [7, 11) is 0. The molecule has 0 spiro atoms. The van der Waals surface area contributed by atoms with Crippen LogP contribution in [0, 0.1) is 0 Å². The molecule has 0 atom stereocenters. The van der Waals surface area contributed by atoms with Crippen molar-refractivity contribution in [1.29, 1.82) is 0 Å². The summed E-state index contributed by atoms with van der Waals surface area (Å²) in [6.45, 7) is 0. The average molecular weight is 109 g/mol. The maximum absolute atomic E-state index is 9.30. The van der Waals surface area contributed by atoms with Gasteiger partial charge in [-0.1, -0.05) is 0 Å². The maximum atomic E-state index is 9.30. The van der Waals surface area contributed by atoms with Crippen molar-refractivity contribution in [2.24, 2.45) is 0 Å². The molecule has 4 nitrogen and oxygen atoms in total. The minimum atomic E-state index is -1.49. The first-order chi connectivity index (χ1) is 2.64. The van der Waals surface area contributed by atoms with E-state index < -0.39 is 6.09 Å². The fourth-order valence-corrected chi connectivity index (χ4v) is 0. The molecule has 0 aliphatic carbocycles. The van der Waals surface area contributed by atoms with Crippen LogP contribution in [0.1, 0.15) is 0 Å². The summed E-state index contributed by atoms with van der Waals surface area (Å²) >= 11 is 2.98. The normalized spacial score (nSPS) is 7.67. The molecule has 0 heterocycles. The van der Waals surface area contributed by atoms with Crippen molar-refractivity contribution in [3.63, 3.8) is 0 Å². The fourth-order valence-electron chi connectivity index (χ4n) is 0.